The zero-order valence-corrected chi connectivity index (χ0v) is 15.5. The van der Waals surface area contributed by atoms with E-state index in [0.29, 0.717) is 12.8 Å². The zero-order chi connectivity index (χ0) is 18.8. The van der Waals surface area contributed by atoms with Crippen LogP contribution in [0.15, 0.2) is 30.3 Å². The van der Waals surface area contributed by atoms with Gasteiger partial charge >= 0.3 is 0 Å². The Morgan fingerprint density at radius 2 is 1.64 bits per heavy atom. The Hall–Kier alpha value is -2.21. The summed E-state index contributed by atoms with van der Waals surface area (Å²) >= 11 is 0. The predicted molar refractivity (Wildman–Crippen MR) is 98.1 cm³/mol. The number of ketones is 1. The third-order valence-corrected chi connectivity index (χ3v) is 3.80. The molecule has 0 aliphatic carbocycles. The van der Waals surface area contributed by atoms with Crippen molar-refractivity contribution in [1.29, 1.82) is 0 Å². The molecule has 0 heterocycles. The van der Waals surface area contributed by atoms with Crippen LogP contribution in [0.3, 0.4) is 0 Å². The summed E-state index contributed by atoms with van der Waals surface area (Å²) < 4.78 is 0. The van der Waals surface area contributed by atoms with Gasteiger partial charge in [-0.25, -0.2) is 0 Å². The zero-order valence-electron chi connectivity index (χ0n) is 15.5. The highest BCUT2D eigenvalue weighted by Crippen LogP contribution is 2.07. The van der Waals surface area contributed by atoms with E-state index in [-0.39, 0.29) is 30.1 Å². The van der Waals surface area contributed by atoms with Crippen LogP contribution in [0.25, 0.3) is 0 Å². The minimum atomic E-state index is -0.654. The van der Waals surface area contributed by atoms with Gasteiger partial charge in [0.2, 0.25) is 11.8 Å². The lowest BCUT2D eigenvalue weighted by Crippen LogP contribution is -2.53. The van der Waals surface area contributed by atoms with Crippen molar-refractivity contribution in [3.63, 3.8) is 0 Å². The maximum absolute atomic E-state index is 12.6. The topological polar surface area (TPSA) is 87.3 Å². The normalized spacial score (nSPS) is 13.2. The summed E-state index contributed by atoms with van der Waals surface area (Å²) in [5.74, 6) is -0.447. The van der Waals surface area contributed by atoms with Crippen LogP contribution in [0.1, 0.15) is 32.8 Å². The van der Waals surface area contributed by atoms with E-state index in [1.807, 2.05) is 44.2 Å². The van der Waals surface area contributed by atoms with Crippen LogP contribution in [0.2, 0.25) is 0 Å². The van der Waals surface area contributed by atoms with E-state index in [4.69, 9.17) is 0 Å². The van der Waals surface area contributed by atoms with Gasteiger partial charge in [0, 0.05) is 0 Å². The van der Waals surface area contributed by atoms with Crippen molar-refractivity contribution in [2.45, 2.75) is 45.7 Å². The van der Waals surface area contributed by atoms with Gasteiger partial charge in [0.15, 0.2) is 0 Å². The minimum absolute atomic E-state index is 0.0250. The molecule has 0 radical (unpaired) electrons. The van der Waals surface area contributed by atoms with Crippen molar-refractivity contribution in [1.82, 2.24) is 16.0 Å². The molecule has 0 spiro atoms. The summed E-state index contributed by atoms with van der Waals surface area (Å²) in [5.41, 5.74) is 1.04. The first-order valence-corrected chi connectivity index (χ1v) is 8.62. The van der Waals surface area contributed by atoms with Gasteiger partial charge in [0.1, 0.15) is 11.8 Å². The fraction of sp³-hybridized carbons (Fsp3) is 0.526. The molecular weight excluding hydrogens is 318 g/mol. The third kappa shape index (κ3) is 7.94. The maximum atomic E-state index is 12.6. The number of Topliss-reactive ketones (excluding diaryl/α,β-unsaturated/α-hetero) is 1. The van der Waals surface area contributed by atoms with E-state index in [1.54, 1.807) is 7.05 Å². The number of carbonyl (C=O) groups excluding carboxylic acids is 3. The van der Waals surface area contributed by atoms with Crippen LogP contribution in [0.4, 0.5) is 0 Å². The van der Waals surface area contributed by atoms with E-state index in [2.05, 4.69) is 16.0 Å². The first kappa shape index (κ1) is 20.8. The molecule has 1 aromatic carbocycles. The summed E-state index contributed by atoms with van der Waals surface area (Å²) in [7, 11) is 1.72. The van der Waals surface area contributed by atoms with Crippen LogP contribution >= 0.6 is 0 Å². The van der Waals surface area contributed by atoms with E-state index in [0.717, 1.165) is 5.56 Å². The number of carbonyl (C=O) groups is 3. The summed E-state index contributed by atoms with van der Waals surface area (Å²) in [5, 5.41) is 8.39. The van der Waals surface area contributed by atoms with E-state index in [1.165, 1.54) is 6.92 Å². The molecule has 6 heteroatoms. The number of benzene rings is 1. The standard InChI is InChI=1S/C19H29N3O3/c1-13(2)10-17(18(24)21-12-14(3)23)22-19(25)16(20-4)11-15-8-6-5-7-9-15/h5-9,13,16-17,20H,10-12H2,1-4H3,(H,21,24)(H,22,25)/t16-,17-/m0/s1. The molecule has 0 aromatic heterocycles. The molecule has 25 heavy (non-hydrogen) atoms. The number of hydrogen-bond donors (Lipinski definition) is 3. The van der Waals surface area contributed by atoms with Crippen LogP contribution in [-0.2, 0) is 20.8 Å². The fourth-order valence-electron chi connectivity index (χ4n) is 2.49. The van der Waals surface area contributed by atoms with Gasteiger partial charge in [0.05, 0.1) is 12.6 Å². The number of rotatable bonds is 10. The second-order valence-electron chi connectivity index (χ2n) is 6.64. The molecule has 1 rings (SSSR count). The molecule has 3 N–H and O–H groups in total. The van der Waals surface area contributed by atoms with Crippen molar-refractivity contribution in [2.75, 3.05) is 13.6 Å². The van der Waals surface area contributed by atoms with E-state index < -0.39 is 12.1 Å². The minimum Gasteiger partial charge on any atom is -0.347 e. The van der Waals surface area contributed by atoms with Gasteiger partial charge in [-0.3, -0.25) is 14.4 Å². The molecule has 0 fully saturated rings. The Kier molecular flexibility index (Phi) is 8.84. The lowest BCUT2D eigenvalue weighted by Gasteiger charge is -2.23. The number of hydrogen-bond acceptors (Lipinski definition) is 4. The second kappa shape index (κ2) is 10.6. The van der Waals surface area contributed by atoms with Gasteiger partial charge in [-0.05, 0) is 38.3 Å². The molecule has 0 aliphatic heterocycles. The molecule has 1 aromatic rings. The highest BCUT2D eigenvalue weighted by molar-refractivity contribution is 5.91. The maximum Gasteiger partial charge on any atom is 0.242 e. The van der Waals surface area contributed by atoms with Crippen molar-refractivity contribution in [3.05, 3.63) is 35.9 Å². The third-order valence-electron chi connectivity index (χ3n) is 3.80. The Morgan fingerprint density at radius 3 is 2.16 bits per heavy atom. The lowest BCUT2D eigenvalue weighted by atomic mass is 10.0. The average molecular weight is 347 g/mol. The van der Waals surface area contributed by atoms with Gasteiger partial charge in [-0.2, -0.15) is 0 Å². The number of amides is 2. The molecule has 0 bridgehead atoms. The van der Waals surface area contributed by atoms with E-state index >= 15 is 0 Å². The van der Waals surface area contributed by atoms with Crippen LogP contribution in [0.5, 0.6) is 0 Å². The van der Waals surface area contributed by atoms with Crippen LogP contribution < -0.4 is 16.0 Å². The molecule has 2 amide bonds. The summed E-state index contributed by atoms with van der Waals surface area (Å²) in [6.07, 6.45) is 1.05. The number of nitrogens with one attached hydrogen (secondary N) is 3. The molecule has 2 atom stereocenters. The smallest absolute Gasteiger partial charge is 0.242 e. The first-order valence-electron chi connectivity index (χ1n) is 8.62. The molecule has 0 aliphatic rings. The molecule has 0 saturated heterocycles. The SMILES string of the molecule is CN[C@@H](Cc1ccccc1)C(=O)N[C@@H](CC(C)C)C(=O)NCC(C)=O. The van der Waals surface area contributed by atoms with Crippen molar-refractivity contribution >= 4 is 17.6 Å². The van der Waals surface area contributed by atoms with Crippen molar-refractivity contribution < 1.29 is 14.4 Å². The molecule has 0 unspecified atom stereocenters. The monoisotopic (exact) mass is 347 g/mol. The first-order chi connectivity index (χ1) is 11.8. The Bertz CT molecular complexity index is 573. The van der Waals surface area contributed by atoms with Crippen molar-refractivity contribution in [2.24, 2.45) is 5.92 Å². The predicted octanol–water partition coefficient (Wildman–Crippen LogP) is 1.05. The van der Waals surface area contributed by atoms with E-state index in [9.17, 15) is 14.4 Å². The fourth-order valence-corrected chi connectivity index (χ4v) is 2.49. The Balaban J connectivity index is 2.73. The lowest BCUT2D eigenvalue weighted by molar-refractivity contribution is -0.131. The average Bonchev–Trinajstić information content (AvgIpc) is 2.57. The van der Waals surface area contributed by atoms with Gasteiger partial charge in [-0.15, -0.1) is 0 Å². The molecular formula is C19H29N3O3. The highest BCUT2D eigenvalue weighted by Gasteiger charge is 2.25. The second-order valence-corrected chi connectivity index (χ2v) is 6.64. The summed E-state index contributed by atoms with van der Waals surface area (Å²) in [4.78, 5) is 35.9. The molecule has 6 nitrogen and oxygen atoms in total. The Labute approximate surface area is 149 Å². The van der Waals surface area contributed by atoms with Gasteiger partial charge in [0.25, 0.3) is 0 Å². The van der Waals surface area contributed by atoms with Crippen LogP contribution in [-0.4, -0.2) is 43.3 Å². The van der Waals surface area contributed by atoms with Gasteiger partial charge in [-0.1, -0.05) is 44.2 Å². The Morgan fingerprint density at radius 1 is 1.00 bits per heavy atom. The molecule has 0 saturated carbocycles. The van der Waals surface area contributed by atoms with Crippen LogP contribution in [0, 0.1) is 5.92 Å². The quantitative estimate of drug-likeness (QED) is 0.590. The summed E-state index contributed by atoms with van der Waals surface area (Å²) in [6.45, 7) is 5.35. The molecule has 138 valence electrons. The van der Waals surface area contributed by atoms with Gasteiger partial charge < -0.3 is 16.0 Å². The highest BCUT2D eigenvalue weighted by atomic mass is 16.2. The van der Waals surface area contributed by atoms with Crippen molar-refractivity contribution in [3.8, 4) is 0 Å². The number of likely N-dealkylation sites (N-methyl/N-ethyl adjacent to an activating group) is 1. The largest absolute Gasteiger partial charge is 0.347 e. The summed E-state index contributed by atoms with van der Waals surface area (Å²) in [6, 6.07) is 8.62.